The van der Waals surface area contributed by atoms with Gasteiger partial charge < -0.3 is 4.48 Å². The number of thioether (sulfide) groups is 1. The van der Waals surface area contributed by atoms with Crippen molar-refractivity contribution >= 4 is 11.8 Å². The topological polar surface area (TPSA) is 0 Å². The first kappa shape index (κ1) is 20.4. The molecule has 22 heavy (non-hydrogen) atoms. The second-order valence-electron chi connectivity index (χ2n) is 7.60. The molecular weight excluding hydrogens is 286 g/mol. The molecule has 0 saturated carbocycles. The van der Waals surface area contributed by atoms with Crippen LogP contribution in [0.5, 0.6) is 0 Å². The molecule has 1 heterocycles. The van der Waals surface area contributed by atoms with Crippen molar-refractivity contribution < 1.29 is 4.48 Å². The Labute approximate surface area is 145 Å². The second kappa shape index (κ2) is 11.8. The smallest absolute Gasteiger partial charge is 0.0879 e. The molecule has 0 aromatic rings. The summed E-state index contributed by atoms with van der Waals surface area (Å²) in [6.07, 6.45) is 11.3. The SMILES string of the molecule is CCCCC(CC)C[N+]1(CC(CC)CCCC)CCSCC1. The Balaban J connectivity index is 2.66. The third kappa shape index (κ3) is 7.25. The minimum atomic E-state index is 0.965. The van der Waals surface area contributed by atoms with Crippen molar-refractivity contribution in [3.63, 3.8) is 0 Å². The number of rotatable bonds is 12. The molecule has 0 spiro atoms. The van der Waals surface area contributed by atoms with E-state index in [1.165, 1.54) is 93.5 Å². The maximum atomic E-state index is 2.42. The molecule has 1 fully saturated rings. The molecule has 1 aliphatic heterocycles. The summed E-state index contributed by atoms with van der Waals surface area (Å²) < 4.78 is 1.46. The minimum absolute atomic E-state index is 0.965. The quantitative estimate of drug-likeness (QED) is 0.397. The van der Waals surface area contributed by atoms with Crippen LogP contribution in [0.3, 0.4) is 0 Å². The van der Waals surface area contributed by atoms with Gasteiger partial charge in [-0.05, 0) is 25.7 Å². The highest BCUT2D eigenvalue weighted by Crippen LogP contribution is 2.28. The van der Waals surface area contributed by atoms with E-state index in [9.17, 15) is 0 Å². The second-order valence-corrected chi connectivity index (χ2v) is 8.82. The highest BCUT2D eigenvalue weighted by Gasteiger charge is 2.34. The molecule has 1 rings (SSSR count). The van der Waals surface area contributed by atoms with Crippen LogP contribution in [0, 0.1) is 11.8 Å². The molecule has 0 aromatic heterocycles. The standard InChI is InChI=1S/C20H42NS/c1-5-9-11-19(7-3)17-21(13-15-22-16-14-21)18-20(8-4)12-10-6-2/h19-20H,5-18H2,1-4H3/q+1. The van der Waals surface area contributed by atoms with Gasteiger partial charge in [0.15, 0.2) is 0 Å². The van der Waals surface area contributed by atoms with E-state index in [0.29, 0.717) is 0 Å². The minimum Gasteiger partial charge on any atom is -0.322 e. The Morgan fingerprint density at radius 2 is 1.23 bits per heavy atom. The fourth-order valence-electron chi connectivity index (χ4n) is 4.10. The zero-order valence-corrected chi connectivity index (χ0v) is 16.7. The highest BCUT2D eigenvalue weighted by atomic mass is 32.2. The Bertz CT molecular complexity index is 240. The van der Waals surface area contributed by atoms with E-state index in [4.69, 9.17) is 0 Å². The summed E-state index contributed by atoms with van der Waals surface area (Å²) in [6.45, 7) is 15.3. The molecule has 2 heteroatoms. The number of unbranched alkanes of at least 4 members (excludes halogenated alkanes) is 2. The van der Waals surface area contributed by atoms with Gasteiger partial charge in [0.25, 0.3) is 0 Å². The molecule has 0 aliphatic carbocycles. The molecule has 0 aromatic carbocycles. The van der Waals surface area contributed by atoms with Gasteiger partial charge in [-0.25, -0.2) is 0 Å². The molecule has 132 valence electrons. The third-order valence-corrected chi connectivity index (χ3v) is 6.74. The Morgan fingerprint density at radius 1 is 0.773 bits per heavy atom. The van der Waals surface area contributed by atoms with Crippen molar-refractivity contribution in [3.8, 4) is 0 Å². The summed E-state index contributed by atoms with van der Waals surface area (Å²) in [7, 11) is 0. The van der Waals surface area contributed by atoms with E-state index < -0.39 is 0 Å². The number of hydrogen-bond donors (Lipinski definition) is 0. The molecule has 0 N–H and O–H groups in total. The lowest BCUT2D eigenvalue weighted by Crippen LogP contribution is -2.57. The van der Waals surface area contributed by atoms with Crippen LogP contribution in [-0.2, 0) is 0 Å². The maximum absolute atomic E-state index is 2.42. The molecule has 1 nitrogen and oxygen atoms in total. The molecule has 2 unspecified atom stereocenters. The van der Waals surface area contributed by atoms with E-state index in [0.717, 1.165) is 11.8 Å². The van der Waals surface area contributed by atoms with Gasteiger partial charge in [-0.1, -0.05) is 53.4 Å². The van der Waals surface area contributed by atoms with Gasteiger partial charge in [-0.3, -0.25) is 0 Å². The summed E-state index contributed by atoms with van der Waals surface area (Å²) >= 11 is 2.19. The lowest BCUT2D eigenvalue weighted by molar-refractivity contribution is -0.931. The lowest BCUT2D eigenvalue weighted by Gasteiger charge is -2.45. The van der Waals surface area contributed by atoms with Gasteiger partial charge in [0.2, 0.25) is 0 Å². The largest absolute Gasteiger partial charge is 0.322 e. The van der Waals surface area contributed by atoms with Crippen molar-refractivity contribution in [3.05, 3.63) is 0 Å². The molecule has 2 atom stereocenters. The lowest BCUT2D eigenvalue weighted by atomic mass is 9.93. The van der Waals surface area contributed by atoms with E-state index >= 15 is 0 Å². The van der Waals surface area contributed by atoms with E-state index in [1.807, 2.05) is 0 Å². The fraction of sp³-hybridized carbons (Fsp3) is 1.00. The summed E-state index contributed by atoms with van der Waals surface area (Å²) in [5.74, 6) is 4.72. The van der Waals surface area contributed by atoms with Crippen LogP contribution in [0.25, 0.3) is 0 Å². The average Bonchev–Trinajstić information content (AvgIpc) is 2.56. The Kier molecular flexibility index (Phi) is 10.9. The predicted octanol–water partition coefficient (Wildman–Crippen LogP) is 5.98. The Hall–Kier alpha value is 0.310. The van der Waals surface area contributed by atoms with Gasteiger partial charge in [-0.2, -0.15) is 11.8 Å². The first-order valence-electron chi connectivity index (χ1n) is 10.1. The first-order chi connectivity index (χ1) is 10.7. The maximum Gasteiger partial charge on any atom is 0.0879 e. The number of quaternary nitrogens is 1. The van der Waals surface area contributed by atoms with Crippen molar-refractivity contribution in [1.82, 2.24) is 0 Å². The van der Waals surface area contributed by atoms with Crippen LogP contribution < -0.4 is 0 Å². The third-order valence-electron chi connectivity index (χ3n) is 5.80. The van der Waals surface area contributed by atoms with Crippen molar-refractivity contribution in [2.24, 2.45) is 11.8 Å². The molecule has 0 bridgehead atoms. The predicted molar refractivity (Wildman–Crippen MR) is 104 cm³/mol. The zero-order chi connectivity index (χ0) is 16.3. The summed E-state index contributed by atoms with van der Waals surface area (Å²) in [5, 5.41) is 0. The van der Waals surface area contributed by atoms with Crippen LogP contribution >= 0.6 is 11.8 Å². The highest BCUT2D eigenvalue weighted by molar-refractivity contribution is 7.99. The van der Waals surface area contributed by atoms with Crippen LogP contribution in [0.2, 0.25) is 0 Å². The van der Waals surface area contributed by atoms with Crippen molar-refractivity contribution in [2.75, 3.05) is 37.7 Å². The van der Waals surface area contributed by atoms with Gasteiger partial charge in [-0.15, -0.1) is 0 Å². The normalized spacial score (nSPS) is 20.7. The van der Waals surface area contributed by atoms with Crippen LogP contribution in [-0.4, -0.2) is 42.2 Å². The van der Waals surface area contributed by atoms with Gasteiger partial charge in [0, 0.05) is 23.3 Å². The van der Waals surface area contributed by atoms with E-state index in [-0.39, 0.29) is 0 Å². The van der Waals surface area contributed by atoms with Crippen molar-refractivity contribution in [1.29, 1.82) is 0 Å². The van der Waals surface area contributed by atoms with Gasteiger partial charge in [0.1, 0.15) is 0 Å². The molecule has 1 aliphatic rings. The van der Waals surface area contributed by atoms with Crippen LogP contribution in [0.1, 0.15) is 79.1 Å². The first-order valence-corrected chi connectivity index (χ1v) is 11.3. The number of hydrogen-bond acceptors (Lipinski definition) is 1. The van der Waals surface area contributed by atoms with Gasteiger partial charge in [0.05, 0.1) is 26.2 Å². The number of nitrogens with zero attached hydrogens (tertiary/aromatic N) is 1. The van der Waals surface area contributed by atoms with Crippen LogP contribution in [0.4, 0.5) is 0 Å². The molecular formula is C20H42NS+. The zero-order valence-electron chi connectivity index (χ0n) is 15.9. The fourth-order valence-corrected chi connectivity index (χ4v) is 5.34. The summed E-state index contributed by atoms with van der Waals surface area (Å²) in [6, 6.07) is 0. The molecule has 1 saturated heterocycles. The van der Waals surface area contributed by atoms with E-state index in [1.54, 1.807) is 0 Å². The summed E-state index contributed by atoms with van der Waals surface area (Å²) in [5.41, 5.74) is 0. The van der Waals surface area contributed by atoms with Gasteiger partial charge >= 0.3 is 0 Å². The summed E-state index contributed by atoms with van der Waals surface area (Å²) in [4.78, 5) is 0. The molecule has 0 amide bonds. The Morgan fingerprint density at radius 3 is 1.59 bits per heavy atom. The van der Waals surface area contributed by atoms with Crippen LogP contribution in [0.15, 0.2) is 0 Å². The molecule has 0 radical (unpaired) electrons. The average molecular weight is 329 g/mol. The monoisotopic (exact) mass is 328 g/mol. The van der Waals surface area contributed by atoms with Crippen molar-refractivity contribution in [2.45, 2.75) is 79.1 Å². The van der Waals surface area contributed by atoms with E-state index in [2.05, 4.69) is 39.5 Å².